The first-order valence-electron chi connectivity index (χ1n) is 7.50. The lowest BCUT2D eigenvalue weighted by atomic mass is 10.2. The summed E-state index contributed by atoms with van der Waals surface area (Å²) in [5.74, 6) is 0.745. The summed E-state index contributed by atoms with van der Waals surface area (Å²) >= 11 is 3.21. The van der Waals surface area contributed by atoms with Crippen molar-refractivity contribution in [3.8, 4) is 0 Å². The topological polar surface area (TPSA) is 57.0 Å². The van der Waals surface area contributed by atoms with Gasteiger partial charge in [-0.25, -0.2) is 4.98 Å². The van der Waals surface area contributed by atoms with Gasteiger partial charge < -0.3 is 4.74 Å². The maximum atomic E-state index is 12.8. The summed E-state index contributed by atoms with van der Waals surface area (Å²) in [4.78, 5) is 22.5. The van der Waals surface area contributed by atoms with Gasteiger partial charge in [-0.3, -0.25) is 14.3 Å². The second-order valence-electron chi connectivity index (χ2n) is 5.40. The number of thioether (sulfide) groups is 2. The fourth-order valence-electron chi connectivity index (χ4n) is 2.45. The maximum Gasteiger partial charge on any atom is 0.268 e. The molecule has 7 heteroatoms. The fourth-order valence-corrected chi connectivity index (χ4v) is 4.54. The second-order valence-corrected chi connectivity index (χ2v) is 7.79. The minimum absolute atomic E-state index is 0.0649. The lowest BCUT2D eigenvalue weighted by Gasteiger charge is -2.13. The van der Waals surface area contributed by atoms with Crippen LogP contribution in [0.25, 0.3) is 0 Å². The molecule has 0 saturated carbocycles. The van der Waals surface area contributed by atoms with Gasteiger partial charge in [0.25, 0.3) is 5.56 Å². The van der Waals surface area contributed by atoms with Crippen molar-refractivity contribution in [1.29, 1.82) is 0 Å². The van der Waals surface area contributed by atoms with Gasteiger partial charge in [0.2, 0.25) is 0 Å². The molecule has 0 amide bonds. The van der Waals surface area contributed by atoms with Crippen LogP contribution in [0.15, 0.2) is 39.4 Å². The molecule has 0 saturated heterocycles. The van der Waals surface area contributed by atoms with E-state index >= 15 is 0 Å². The molecule has 0 unspecified atom stereocenters. The van der Waals surface area contributed by atoms with Crippen molar-refractivity contribution in [2.24, 2.45) is 0 Å². The minimum atomic E-state index is 0.0649. The van der Waals surface area contributed by atoms with E-state index in [0.717, 1.165) is 33.5 Å². The van der Waals surface area contributed by atoms with Crippen molar-refractivity contribution in [3.63, 3.8) is 0 Å². The number of pyridine rings is 1. The van der Waals surface area contributed by atoms with Gasteiger partial charge in [-0.2, -0.15) is 0 Å². The molecule has 2 aromatic heterocycles. The maximum absolute atomic E-state index is 12.8. The molecule has 0 spiro atoms. The number of hydrogen-bond acceptors (Lipinski definition) is 6. The molecule has 2 aromatic rings. The van der Waals surface area contributed by atoms with Crippen molar-refractivity contribution >= 4 is 23.5 Å². The normalized spacial score (nSPS) is 16.5. The van der Waals surface area contributed by atoms with E-state index in [1.807, 2.05) is 18.3 Å². The number of hydrogen-bond donors (Lipinski definition) is 0. The lowest BCUT2D eigenvalue weighted by Crippen LogP contribution is -2.27. The Labute approximate surface area is 143 Å². The highest BCUT2D eigenvalue weighted by Crippen LogP contribution is 2.34. The number of fused-ring (bicyclic) bond motifs is 1. The molecular formula is C16H19N3O2S2. The van der Waals surface area contributed by atoms with Crippen LogP contribution in [-0.4, -0.2) is 33.5 Å². The standard InChI is InChI=1S/C16H19N3O2S2/c1-11-8-13-14(23-11)15(20)19(6-7-21-2)16(18-13)22-10-12-4-3-5-17-9-12/h3-5,9,11H,6-8,10H2,1-2H3/t11-/m0/s1. The molecule has 23 heavy (non-hydrogen) atoms. The first-order chi connectivity index (χ1) is 11.2. The Hall–Kier alpha value is -1.31. The molecule has 122 valence electrons. The van der Waals surface area contributed by atoms with Crippen LogP contribution in [0.3, 0.4) is 0 Å². The van der Waals surface area contributed by atoms with E-state index in [1.165, 1.54) is 0 Å². The number of methoxy groups -OCH3 is 1. The molecule has 1 aliphatic heterocycles. The minimum Gasteiger partial charge on any atom is -0.383 e. The van der Waals surface area contributed by atoms with Crippen molar-refractivity contribution in [2.75, 3.05) is 13.7 Å². The first-order valence-corrected chi connectivity index (χ1v) is 9.36. The Morgan fingerprint density at radius 1 is 1.52 bits per heavy atom. The van der Waals surface area contributed by atoms with Crippen molar-refractivity contribution < 1.29 is 4.74 Å². The number of ether oxygens (including phenoxy) is 1. The number of nitrogens with zero attached hydrogens (tertiary/aromatic N) is 3. The van der Waals surface area contributed by atoms with Crippen LogP contribution >= 0.6 is 23.5 Å². The summed E-state index contributed by atoms with van der Waals surface area (Å²) in [6.07, 6.45) is 4.46. The van der Waals surface area contributed by atoms with Crippen LogP contribution in [0, 0.1) is 0 Å². The van der Waals surface area contributed by atoms with Gasteiger partial charge in [-0.05, 0) is 11.6 Å². The van der Waals surface area contributed by atoms with E-state index in [-0.39, 0.29) is 5.56 Å². The summed E-state index contributed by atoms with van der Waals surface area (Å²) in [6.45, 7) is 3.16. The van der Waals surface area contributed by atoms with Crippen LogP contribution in [0.5, 0.6) is 0 Å². The lowest BCUT2D eigenvalue weighted by molar-refractivity contribution is 0.182. The largest absolute Gasteiger partial charge is 0.383 e. The van der Waals surface area contributed by atoms with Gasteiger partial charge >= 0.3 is 0 Å². The Kier molecular flexibility index (Phi) is 5.40. The molecule has 0 N–H and O–H groups in total. The van der Waals surface area contributed by atoms with Crippen LogP contribution in [-0.2, 0) is 23.5 Å². The smallest absolute Gasteiger partial charge is 0.268 e. The molecule has 5 nitrogen and oxygen atoms in total. The van der Waals surface area contributed by atoms with Gasteiger partial charge in [-0.15, -0.1) is 11.8 Å². The molecule has 0 fully saturated rings. The zero-order valence-electron chi connectivity index (χ0n) is 13.2. The van der Waals surface area contributed by atoms with Crippen molar-refractivity contribution in [3.05, 3.63) is 46.1 Å². The third kappa shape index (κ3) is 3.79. The molecule has 0 aliphatic carbocycles. The SMILES string of the molecule is COCCn1c(SCc2cccnc2)nc2c(c1=O)S[C@@H](C)C2. The highest BCUT2D eigenvalue weighted by atomic mass is 32.2. The van der Waals surface area contributed by atoms with Crippen LogP contribution in [0.2, 0.25) is 0 Å². The molecule has 3 rings (SSSR count). The third-order valence-electron chi connectivity index (χ3n) is 3.57. The van der Waals surface area contributed by atoms with Gasteiger partial charge in [0.05, 0.1) is 23.7 Å². The highest BCUT2D eigenvalue weighted by molar-refractivity contribution is 8.00. The van der Waals surface area contributed by atoms with Gasteiger partial charge in [0.1, 0.15) is 0 Å². The Morgan fingerprint density at radius 3 is 3.13 bits per heavy atom. The number of aromatic nitrogens is 3. The van der Waals surface area contributed by atoms with E-state index in [2.05, 4.69) is 11.9 Å². The molecule has 0 aromatic carbocycles. The Morgan fingerprint density at radius 2 is 2.39 bits per heavy atom. The third-order valence-corrected chi connectivity index (χ3v) is 5.84. The second kappa shape index (κ2) is 7.51. The molecule has 1 aliphatic rings. The molecule has 0 radical (unpaired) electrons. The summed E-state index contributed by atoms with van der Waals surface area (Å²) in [6, 6.07) is 3.95. The average molecular weight is 349 g/mol. The van der Waals surface area contributed by atoms with Crippen LogP contribution < -0.4 is 5.56 Å². The van der Waals surface area contributed by atoms with E-state index < -0.39 is 0 Å². The predicted molar refractivity (Wildman–Crippen MR) is 93.2 cm³/mol. The van der Waals surface area contributed by atoms with E-state index in [9.17, 15) is 4.79 Å². The predicted octanol–water partition coefficient (Wildman–Crippen LogP) is 2.61. The number of rotatable bonds is 6. The van der Waals surface area contributed by atoms with Crippen LogP contribution in [0.4, 0.5) is 0 Å². The molecule has 0 bridgehead atoms. The molecular weight excluding hydrogens is 330 g/mol. The summed E-state index contributed by atoms with van der Waals surface area (Å²) in [5.41, 5.74) is 2.12. The quantitative estimate of drug-likeness (QED) is 0.590. The zero-order valence-corrected chi connectivity index (χ0v) is 14.8. The summed E-state index contributed by atoms with van der Waals surface area (Å²) in [7, 11) is 1.64. The van der Waals surface area contributed by atoms with Crippen molar-refractivity contribution in [2.45, 2.75) is 40.9 Å². The van der Waals surface area contributed by atoms with E-state index in [4.69, 9.17) is 9.72 Å². The molecule has 3 heterocycles. The van der Waals surface area contributed by atoms with E-state index in [1.54, 1.807) is 41.4 Å². The molecule has 1 atom stereocenters. The fraction of sp³-hybridized carbons (Fsp3) is 0.438. The highest BCUT2D eigenvalue weighted by Gasteiger charge is 2.26. The zero-order chi connectivity index (χ0) is 16.2. The van der Waals surface area contributed by atoms with Crippen molar-refractivity contribution in [1.82, 2.24) is 14.5 Å². The van der Waals surface area contributed by atoms with Gasteiger partial charge in [0, 0.05) is 36.9 Å². The summed E-state index contributed by atoms with van der Waals surface area (Å²) < 4.78 is 6.89. The van der Waals surface area contributed by atoms with E-state index in [0.29, 0.717) is 18.4 Å². The summed E-state index contributed by atoms with van der Waals surface area (Å²) in [5, 5.41) is 1.18. The average Bonchev–Trinajstić information content (AvgIpc) is 2.94. The Balaban J connectivity index is 1.89. The van der Waals surface area contributed by atoms with Crippen LogP contribution in [0.1, 0.15) is 18.2 Å². The monoisotopic (exact) mass is 349 g/mol. The van der Waals surface area contributed by atoms with Gasteiger partial charge in [-0.1, -0.05) is 24.8 Å². The first kappa shape index (κ1) is 16.5. The van der Waals surface area contributed by atoms with Gasteiger partial charge in [0.15, 0.2) is 5.16 Å². The Bertz CT molecular complexity index is 734.